The number of nitrogens with zero attached hydrogens (tertiary/aromatic N) is 2. The normalized spacial score (nSPS) is 12.3. The SMILES string of the molecule is CC(C)C(NC(=O)c1cnn2ccccc12)C(=O)c1ccc(Cl)cc1. The molecular weight excluding hydrogens is 338 g/mol. The molecule has 0 saturated carbocycles. The Morgan fingerprint density at radius 2 is 1.84 bits per heavy atom. The van der Waals surface area contributed by atoms with Crippen molar-refractivity contribution in [1.29, 1.82) is 0 Å². The first-order chi connectivity index (χ1) is 12.0. The van der Waals surface area contributed by atoms with Crippen molar-refractivity contribution in [2.45, 2.75) is 19.9 Å². The number of fused-ring (bicyclic) bond motifs is 1. The summed E-state index contributed by atoms with van der Waals surface area (Å²) in [4.78, 5) is 25.5. The third-order valence-corrected chi connectivity index (χ3v) is 4.29. The summed E-state index contributed by atoms with van der Waals surface area (Å²) in [5.74, 6) is -0.521. The topological polar surface area (TPSA) is 63.5 Å². The Labute approximate surface area is 150 Å². The fourth-order valence-corrected chi connectivity index (χ4v) is 2.78. The number of hydrogen-bond donors (Lipinski definition) is 1. The number of halogens is 1. The standard InChI is InChI=1S/C19H18ClN3O2/c1-12(2)17(18(24)13-6-8-14(20)9-7-13)22-19(25)15-11-21-23-10-4-3-5-16(15)23/h3-12,17H,1-2H3,(H,22,25). The van der Waals surface area contributed by atoms with Gasteiger partial charge in [-0.1, -0.05) is 31.5 Å². The van der Waals surface area contributed by atoms with E-state index < -0.39 is 6.04 Å². The number of ketones is 1. The van der Waals surface area contributed by atoms with E-state index in [9.17, 15) is 9.59 Å². The fourth-order valence-electron chi connectivity index (χ4n) is 2.66. The number of hydrogen-bond acceptors (Lipinski definition) is 3. The molecular formula is C19H18ClN3O2. The molecule has 2 heterocycles. The van der Waals surface area contributed by atoms with Crippen LogP contribution in [0.2, 0.25) is 5.02 Å². The number of carbonyl (C=O) groups is 2. The van der Waals surface area contributed by atoms with Crippen LogP contribution in [-0.2, 0) is 0 Å². The zero-order valence-corrected chi connectivity index (χ0v) is 14.7. The fraction of sp³-hybridized carbons (Fsp3) is 0.211. The number of Topliss-reactive ketones (excluding diaryl/α,β-unsaturated/α-hetero) is 1. The average Bonchev–Trinajstić information content (AvgIpc) is 3.03. The predicted octanol–water partition coefficient (Wildman–Crippen LogP) is 3.63. The molecule has 1 amide bonds. The number of pyridine rings is 1. The van der Waals surface area contributed by atoms with Gasteiger partial charge in [0.05, 0.1) is 23.3 Å². The quantitative estimate of drug-likeness (QED) is 0.711. The van der Waals surface area contributed by atoms with Crippen LogP contribution in [0.5, 0.6) is 0 Å². The van der Waals surface area contributed by atoms with Gasteiger partial charge >= 0.3 is 0 Å². The molecule has 1 unspecified atom stereocenters. The highest BCUT2D eigenvalue weighted by Gasteiger charge is 2.26. The van der Waals surface area contributed by atoms with Crippen molar-refractivity contribution in [3.05, 3.63) is 71.0 Å². The van der Waals surface area contributed by atoms with Crippen molar-refractivity contribution in [3.63, 3.8) is 0 Å². The third kappa shape index (κ3) is 3.56. The van der Waals surface area contributed by atoms with E-state index in [1.807, 2.05) is 32.0 Å². The number of benzene rings is 1. The summed E-state index contributed by atoms with van der Waals surface area (Å²) in [6.07, 6.45) is 3.28. The lowest BCUT2D eigenvalue weighted by Crippen LogP contribution is -2.44. The molecule has 0 fully saturated rings. The minimum atomic E-state index is -0.632. The minimum Gasteiger partial charge on any atom is -0.341 e. The van der Waals surface area contributed by atoms with Crippen LogP contribution in [0.25, 0.3) is 5.52 Å². The van der Waals surface area contributed by atoms with Gasteiger partial charge in [0.2, 0.25) is 0 Å². The van der Waals surface area contributed by atoms with Crippen LogP contribution < -0.4 is 5.32 Å². The Kier molecular flexibility index (Phi) is 4.86. The largest absolute Gasteiger partial charge is 0.341 e. The maximum absolute atomic E-state index is 12.8. The van der Waals surface area contributed by atoms with Crippen molar-refractivity contribution in [3.8, 4) is 0 Å². The summed E-state index contributed by atoms with van der Waals surface area (Å²) in [6.45, 7) is 3.80. The number of carbonyl (C=O) groups excluding carboxylic acids is 2. The number of rotatable bonds is 5. The van der Waals surface area contributed by atoms with Crippen molar-refractivity contribution >= 4 is 28.8 Å². The highest BCUT2D eigenvalue weighted by molar-refractivity contribution is 6.30. The monoisotopic (exact) mass is 355 g/mol. The van der Waals surface area contributed by atoms with E-state index in [0.717, 1.165) is 0 Å². The van der Waals surface area contributed by atoms with Crippen LogP contribution in [0.15, 0.2) is 54.9 Å². The maximum atomic E-state index is 12.8. The lowest BCUT2D eigenvalue weighted by Gasteiger charge is -2.21. The molecule has 1 atom stereocenters. The van der Waals surface area contributed by atoms with Crippen LogP contribution in [0, 0.1) is 5.92 Å². The maximum Gasteiger partial charge on any atom is 0.255 e. The first-order valence-electron chi connectivity index (χ1n) is 8.00. The van der Waals surface area contributed by atoms with E-state index in [1.165, 1.54) is 6.20 Å². The summed E-state index contributed by atoms with van der Waals surface area (Å²) in [7, 11) is 0. The molecule has 3 rings (SSSR count). The van der Waals surface area contributed by atoms with Gasteiger partial charge in [0, 0.05) is 16.8 Å². The van der Waals surface area contributed by atoms with Gasteiger partial charge < -0.3 is 5.32 Å². The molecule has 0 bridgehead atoms. The van der Waals surface area contributed by atoms with Crippen LogP contribution >= 0.6 is 11.6 Å². The van der Waals surface area contributed by atoms with Crippen molar-refractivity contribution in [2.24, 2.45) is 5.92 Å². The van der Waals surface area contributed by atoms with E-state index in [1.54, 1.807) is 35.0 Å². The van der Waals surface area contributed by atoms with Crippen LogP contribution in [0.3, 0.4) is 0 Å². The zero-order chi connectivity index (χ0) is 18.0. The molecule has 0 radical (unpaired) electrons. The molecule has 0 saturated heterocycles. The number of amides is 1. The Morgan fingerprint density at radius 3 is 2.52 bits per heavy atom. The van der Waals surface area contributed by atoms with E-state index >= 15 is 0 Å². The first kappa shape index (κ1) is 17.2. The Bertz CT molecular complexity index is 916. The van der Waals surface area contributed by atoms with Crippen molar-refractivity contribution < 1.29 is 9.59 Å². The zero-order valence-electron chi connectivity index (χ0n) is 13.9. The number of nitrogens with one attached hydrogen (secondary N) is 1. The highest BCUT2D eigenvalue weighted by Crippen LogP contribution is 2.16. The third-order valence-electron chi connectivity index (χ3n) is 4.04. The van der Waals surface area contributed by atoms with Crippen molar-refractivity contribution in [1.82, 2.24) is 14.9 Å². The summed E-state index contributed by atoms with van der Waals surface area (Å²) < 4.78 is 1.63. The summed E-state index contributed by atoms with van der Waals surface area (Å²) in [5.41, 5.74) is 1.65. The molecule has 0 aliphatic carbocycles. The van der Waals surface area contributed by atoms with Gasteiger partial charge in [-0.05, 0) is 42.3 Å². The Hall–Kier alpha value is -2.66. The molecule has 25 heavy (non-hydrogen) atoms. The Balaban J connectivity index is 1.85. The second kappa shape index (κ2) is 7.07. The van der Waals surface area contributed by atoms with Gasteiger partial charge in [0.15, 0.2) is 5.78 Å². The van der Waals surface area contributed by atoms with Gasteiger partial charge in [-0.3, -0.25) is 9.59 Å². The van der Waals surface area contributed by atoms with Crippen LogP contribution in [-0.4, -0.2) is 27.3 Å². The van der Waals surface area contributed by atoms with E-state index in [0.29, 0.717) is 21.7 Å². The average molecular weight is 356 g/mol. The van der Waals surface area contributed by atoms with E-state index in [4.69, 9.17) is 11.6 Å². The van der Waals surface area contributed by atoms with Crippen LogP contribution in [0.1, 0.15) is 34.6 Å². The molecule has 5 nitrogen and oxygen atoms in total. The Morgan fingerprint density at radius 1 is 1.12 bits per heavy atom. The molecule has 0 aliphatic heterocycles. The smallest absolute Gasteiger partial charge is 0.255 e. The van der Waals surface area contributed by atoms with Gasteiger partial charge in [-0.25, -0.2) is 4.52 Å². The molecule has 3 aromatic rings. The summed E-state index contributed by atoms with van der Waals surface area (Å²) in [6, 6.07) is 11.5. The molecule has 1 N–H and O–H groups in total. The molecule has 0 aliphatic rings. The lowest BCUT2D eigenvalue weighted by molar-refractivity contribution is 0.0832. The number of aromatic nitrogens is 2. The second-order valence-electron chi connectivity index (χ2n) is 6.15. The predicted molar refractivity (Wildman–Crippen MR) is 97.1 cm³/mol. The highest BCUT2D eigenvalue weighted by atomic mass is 35.5. The molecule has 128 valence electrons. The lowest BCUT2D eigenvalue weighted by atomic mass is 9.94. The summed E-state index contributed by atoms with van der Waals surface area (Å²) >= 11 is 5.88. The summed E-state index contributed by atoms with van der Waals surface area (Å²) in [5, 5.41) is 7.57. The van der Waals surface area contributed by atoms with Gasteiger partial charge in [0.25, 0.3) is 5.91 Å². The molecule has 2 aromatic heterocycles. The van der Waals surface area contributed by atoms with Gasteiger partial charge in [-0.2, -0.15) is 5.10 Å². The van der Waals surface area contributed by atoms with Gasteiger partial charge in [-0.15, -0.1) is 0 Å². The molecule has 0 spiro atoms. The first-order valence-corrected chi connectivity index (χ1v) is 8.38. The second-order valence-corrected chi connectivity index (χ2v) is 6.59. The van der Waals surface area contributed by atoms with E-state index in [-0.39, 0.29) is 17.6 Å². The van der Waals surface area contributed by atoms with Crippen molar-refractivity contribution in [2.75, 3.05) is 0 Å². The van der Waals surface area contributed by atoms with Gasteiger partial charge in [0.1, 0.15) is 0 Å². The minimum absolute atomic E-state index is 0.0611. The van der Waals surface area contributed by atoms with E-state index in [2.05, 4.69) is 10.4 Å². The molecule has 6 heteroatoms. The van der Waals surface area contributed by atoms with Crippen LogP contribution in [0.4, 0.5) is 0 Å². The molecule has 1 aromatic carbocycles.